The number of amides is 1. The first-order chi connectivity index (χ1) is 9.66. The molecule has 0 bridgehead atoms. The van der Waals surface area contributed by atoms with Crippen LogP contribution in [0.3, 0.4) is 0 Å². The van der Waals surface area contributed by atoms with Gasteiger partial charge in [0.05, 0.1) is 0 Å². The maximum atomic E-state index is 12.7. The Hall–Kier alpha value is -2.00. The van der Waals surface area contributed by atoms with Crippen molar-refractivity contribution >= 4 is 28.9 Å². The van der Waals surface area contributed by atoms with E-state index < -0.39 is 0 Å². The normalized spacial score (nSPS) is 13.9. The molecule has 0 fully saturated rings. The van der Waals surface area contributed by atoms with Gasteiger partial charge in [-0.05, 0) is 48.7 Å². The number of nitrogen functional groups attached to an aromatic ring is 1. The Labute approximate surface area is 123 Å². The van der Waals surface area contributed by atoms with Gasteiger partial charge in [-0.15, -0.1) is 0 Å². The van der Waals surface area contributed by atoms with E-state index >= 15 is 0 Å². The summed E-state index contributed by atoms with van der Waals surface area (Å²) >= 11 is 5.96. The minimum Gasteiger partial charge on any atom is -0.398 e. The number of nitrogens with two attached hydrogens (primary N) is 1. The lowest BCUT2D eigenvalue weighted by Crippen LogP contribution is -2.35. The average Bonchev–Trinajstić information content (AvgIpc) is 2.46. The Morgan fingerprint density at radius 1 is 1.20 bits per heavy atom. The molecule has 3 nitrogen and oxygen atoms in total. The van der Waals surface area contributed by atoms with Gasteiger partial charge in [0.25, 0.3) is 5.91 Å². The van der Waals surface area contributed by atoms with Crippen LogP contribution < -0.4 is 10.6 Å². The molecule has 20 heavy (non-hydrogen) atoms. The van der Waals surface area contributed by atoms with Crippen LogP contribution in [0.1, 0.15) is 22.3 Å². The molecule has 4 heteroatoms. The highest BCUT2D eigenvalue weighted by Gasteiger charge is 2.24. The molecule has 1 aliphatic heterocycles. The number of carbonyl (C=O) groups is 1. The number of benzene rings is 2. The van der Waals surface area contributed by atoms with Gasteiger partial charge >= 0.3 is 0 Å². The second kappa shape index (κ2) is 5.17. The minimum atomic E-state index is -0.0287. The molecule has 0 radical (unpaired) electrons. The van der Waals surface area contributed by atoms with Gasteiger partial charge in [-0.3, -0.25) is 4.79 Å². The van der Waals surface area contributed by atoms with E-state index in [0.29, 0.717) is 17.1 Å². The monoisotopic (exact) mass is 286 g/mol. The second-order valence-corrected chi connectivity index (χ2v) is 5.35. The van der Waals surface area contributed by atoms with Gasteiger partial charge in [0, 0.05) is 28.5 Å². The van der Waals surface area contributed by atoms with E-state index in [4.69, 9.17) is 17.3 Å². The Morgan fingerprint density at radius 3 is 2.80 bits per heavy atom. The average molecular weight is 287 g/mol. The fourth-order valence-electron chi connectivity index (χ4n) is 2.64. The standard InChI is InChI=1S/C16H15ClN2O/c17-12-5-1-4-11(10-12)16(20)19-9-3-6-13-14(18)7-2-8-15(13)19/h1-2,4-5,7-8,10H,3,6,9,18H2. The third-order valence-electron chi connectivity index (χ3n) is 3.60. The number of fused-ring (bicyclic) bond motifs is 1. The lowest BCUT2D eigenvalue weighted by molar-refractivity contribution is 0.0985. The quantitative estimate of drug-likeness (QED) is 0.816. The molecule has 2 aromatic rings. The van der Waals surface area contributed by atoms with E-state index in [9.17, 15) is 4.79 Å². The van der Waals surface area contributed by atoms with E-state index in [2.05, 4.69) is 0 Å². The minimum absolute atomic E-state index is 0.0287. The molecule has 0 atom stereocenters. The predicted molar refractivity (Wildman–Crippen MR) is 82.3 cm³/mol. The summed E-state index contributed by atoms with van der Waals surface area (Å²) in [5.41, 5.74) is 9.35. The highest BCUT2D eigenvalue weighted by Crippen LogP contribution is 2.32. The molecule has 1 amide bonds. The van der Waals surface area contributed by atoms with Gasteiger partial charge in [0.2, 0.25) is 0 Å². The van der Waals surface area contributed by atoms with Crippen molar-refractivity contribution in [3.63, 3.8) is 0 Å². The van der Waals surface area contributed by atoms with Crippen LogP contribution in [0, 0.1) is 0 Å². The van der Waals surface area contributed by atoms with Crippen LogP contribution in [0.15, 0.2) is 42.5 Å². The number of nitrogens with zero attached hydrogens (tertiary/aromatic N) is 1. The Morgan fingerprint density at radius 2 is 2.00 bits per heavy atom. The molecule has 0 saturated heterocycles. The third-order valence-corrected chi connectivity index (χ3v) is 3.84. The van der Waals surface area contributed by atoms with Crippen LogP contribution in [0.5, 0.6) is 0 Å². The fraction of sp³-hybridized carbons (Fsp3) is 0.188. The van der Waals surface area contributed by atoms with Gasteiger partial charge in [0.15, 0.2) is 0 Å². The Balaban J connectivity index is 2.01. The fourth-order valence-corrected chi connectivity index (χ4v) is 2.83. The molecule has 102 valence electrons. The molecule has 3 rings (SSSR count). The summed E-state index contributed by atoms with van der Waals surface area (Å²) < 4.78 is 0. The van der Waals surface area contributed by atoms with Gasteiger partial charge < -0.3 is 10.6 Å². The van der Waals surface area contributed by atoms with Crippen molar-refractivity contribution in [2.75, 3.05) is 17.2 Å². The molecule has 1 aliphatic rings. The second-order valence-electron chi connectivity index (χ2n) is 4.92. The molecule has 2 N–H and O–H groups in total. The number of halogens is 1. The van der Waals surface area contributed by atoms with Crippen LogP contribution in [0.2, 0.25) is 5.02 Å². The van der Waals surface area contributed by atoms with E-state index in [0.717, 1.165) is 29.8 Å². The third kappa shape index (κ3) is 2.25. The highest BCUT2D eigenvalue weighted by atomic mass is 35.5. The lowest BCUT2D eigenvalue weighted by atomic mass is 9.99. The largest absolute Gasteiger partial charge is 0.398 e. The van der Waals surface area contributed by atoms with Crippen molar-refractivity contribution in [1.82, 2.24) is 0 Å². The van der Waals surface area contributed by atoms with E-state index in [1.165, 1.54) is 0 Å². The molecule has 0 unspecified atom stereocenters. The molecule has 0 spiro atoms. The summed E-state index contributed by atoms with van der Waals surface area (Å²) in [5, 5.41) is 0.570. The summed E-state index contributed by atoms with van der Waals surface area (Å²) in [4.78, 5) is 14.4. The molecule has 0 aromatic heterocycles. The number of hydrogen-bond donors (Lipinski definition) is 1. The zero-order valence-electron chi connectivity index (χ0n) is 11.0. The van der Waals surface area contributed by atoms with E-state index in [1.807, 2.05) is 18.2 Å². The summed E-state index contributed by atoms with van der Waals surface area (Å²) in [6, 6.07) is 12.8. The smallest absolute Gasteiger partial charge is 0.258 e. The highest BCUT2D eigenvalue weighted by molar-refractivity contribution is 6.31. The van der Waals surface area contributed by atoms with Crippen LogP contribution in [-0.2, 0) is 6.42 Å². The van der Waals surface area contributed by atoms with Crippen molar-refractivity contribution < 1.29 is 4.79 Å². The lowest BCUT2D eigenvalue weighted by Gasteiger charge is -2.30. The summed E-state index contributed by atoms with van der Waals surface area (Å²) in [7, 11) is 0. The SMILES string of the molecule is Nc1cccc2c1CCCN2C(=O)c1cccc(Cl)c1. The van der Waals surface area contributed by atoms with Crippen molar-refractivity contribution in [3.8, 4) is 0 Å². The molecular weight excluding hydrogens is 272 g/mol. The summed E-state index contributed by atoms with van der Waals surface area (Å²) in [6.07, 6.45) is 1.84. The maximum Gasteiger partial charge on any atom is 0.258 e. The number of rotatable bonds is 1. The van der Waals surface area contributed by atoms with E-state index in [1.54, 1.807) is 29.2 Å². The van der Waals surface area contributed by atoms with Crippen molar-refractivity contribution in [2.24, 2.45) is 0 Å². The first-order valence-corrected chi connectivity index (χ1v) is 6.99. The van der Waals surface area contributed by atoms with Gasteiger partial charge in [-0.1, -0.05) is 23.7 Å². The molecule has 2 aromatic carbocycles. The van der Waals surface area contributed by atoms with Crippen molar-refractivity contribution in [3.05, 3.63) is 58.6 Å². The zero-order chi connectivity index (χ0) is 14.1. The van der Waals surface area contributed by atoms with Crippen LogP contribution in [0.4, 0.5) is 11.4 Å². The molecule has 1 heterocycles. The van der Waals surface area contributed by atoms with Gasteiger partial charge in [-0.25, -0.2) is 0 Å². The summed E-state index contributed by atoms with van der Waals surface area (Å²) in [5.74, 6) is -0.0287. The van der Waals surface area contributed by atoms with Gasteiger partial charge in [-0.2, -0.15) is 0 Å². The van der Waals surface area contributed by atoms with Crippen molar-refractivity contribution in [1.29, 1.82) is 0 Å². The summed E-state index contributed by atoms with van der Waals surface area (Å²) in [6.45, 7) is 0.710. The molecule has 0 saturated carbocycles. The Kier molecular flexibility index (Phi) is 3.36. The number of carbonyl (C=O) groups excluding carboxylic acids is 1. The topological polar surface area (TPSA) is 46.3 Å². The molecule has 0 aliphatic carbocycles. The zero-order valence-corrected chi connectivity index (χ0v) is 11.7. The maximum absolute atomic E-state index is 12.7. The number of hydrogen-bond acceptors (Lipinski definition) is 2. The van der Waals surface area contributed by atoms with Crippen molar-refractivity contribution in [2.45, 2.75) is 12.8 Å². The first-order valence-electron chi connectivity index (χ1n) is 6.61. The van der Waals surface area contributed by atoms with Crippen LogP contribution in [-0.4, -0.2) is 12.5 Å². The molecular formula is C16H15ClN2O. The predicted octanol–water partition coefficient (Wildman–Crippen LogP) is 3.52. The number of anilines is 2. The Bertz CT molecular complexity index is 669. The first kappa shape index (κ1) is 13.0. The van der Waals surface area contributed by atoms with Gasteiger partial charge in [0.1, 0.15) is 0 Å². The van der Waals surface area contributed by atoms with E-state index in [-0.39, 0.29) is 5.91 Å². The van der Waals surface area contributed by atoms with Crippen LogP contribution >= 0.6 is 11.6 Å². The van der Waals surface area contributed by atoms with Crippen LogP contribution in [0.25, 0.3) is 0 Å².